The number of carbonyl (C=O) groups excluding carboxylic acids is 1. The van der Waals surface area contributed by atoms with E-state index < -0.39 is 0 Å². The summed E-state index contributed by atoms with van der Waals surface area (Å²) in [7, 11) is 2.19. The average molecular weight is 574 g/mol. The molecule has 1 amide bonds. The summed E-state index contributed by atoms with van der Waals surface area (Å²) in [6, 6.07) is 15.6. The van der Waals surface area contributed by atoms with Gasteiger partial charge in [-0.2, -0.15) is 5.10 Å². The largest absolute Gasteiger partial charge is 0.369 e. The Hall–Kier alpha value is -4.69. The average Bonchev–Trinajstić information content (AvgIpc) is 3.65. The van der Waals surface area contributed by atoms with Crippen molar-refractivity contribution in [2.45, 2.75) is 40.3 Å². The van der Waals surface area contributed by atoms with E-state index in [1.807, 2.05) is 36.1 Å². The van der Waals surface area contributed by atoms with E-state index in [1.165, 1.54) is 11.8 Å². The second-order valence-corrected chi connectivity index (χ2v) is 11.5. The van der Waals surface area contributed by atoms with E-state index in [1.54, 1.807) is 0 Å². The second kappa shape index (κ2) is 11.5. The third kappa shape index (κ3) is 5.34. The Balaban J connectivity index is 1.51. The van der Waals surface area contributed by atoms with Crippen molar-refractivity contribution in [1.29, 1.82) is 0 Å². The van der Waals surface area contributed by atoms with Crippen LogP contribution in [0.2, 0.25) is 0 Å². The van der Waals surface area contributed by atoms with Gasteiger partial charge in [0, 0.05) is 78.1 Å². The van der Waals surface area contributed by atoms with Gasteiger partial charge in [0.25, 0.3) is 0 Å². The second-order valence-electron chi connectivity index (χ2n) is 11.5. The van der Waals surface area contributed by atoms with Gasteiger partial charge in [-0.05, 0) is 81.3 Å². The van der Waals surface area contributed by atoms with Crippen LogP contribution >= 0.6 is 0 Å². The van der Waals surface area contributed by atoms with Crippen LogP contribution in [-0.4, -0.2) is 63.3 Å². The molecule has 1 fully saturated rings. The molecule has 1 aliphatic rings. The molecule has 2 N–H and O–H groups in total. The zero-order valence-electron chi connectivity index (χ0n) is 25.6. The van der Waals surface area contributed by atoms with Crippen molar-refractivity contribution in [3.05, 3.63) is 84.8 Å². The highest BCUT2D eigenvalue weighted by atomic mass is 16.1. The fraction of sp³-hybridized carbons (Fsp3) is 0.286. The van der Waals surface area contributed by atoms with Crippen molar-refractivity contribution in [3.63, 3.8) is 0 Å². The molecule has 0 radical (unpaired) electrons. The number of fused-ring (bicyclic) bond motifs is 1. The van der Waals surface area contributed by atoms with Gasteiger partial charge in [0.05, 0.1) is 11.9 Å². The first-order valence-electron chi connectivity index (χ1n) is 14.9. The first-order valence-corrected chi connectivity index (χ1v) is 14.9. The van der Waals surface area contributed by atoms with Gasteiger partial charge in [-0.25, -0.2) is 4.98 Å². The number of piperazine rings is 1. The molecular formula is C35H39N7O. The summed E-state index contributed by atoms with van der Waals surface area (Å²) >= 11 is 0. The highest BCUT2D eigenvalue weighted by Gasteiger charge is 2.23. The number of hydrogen-bond acceptors (Lipinski definition) is 5. The summed E-state index contributed by atoms with van der Waals surface area (Å²) in [5, 5.41) is 8.54. The molecule has 0 spiro atoms. The normalized spacial score (nSPS) is 15.7. The monoisotopic (exact) mass is 573 g/mol. The lowest BCUT2D eigenvalue weighted by molar-refractivity contribution is -0.111. The van der Waals surface area contributed by atoms with Crippen LogP contribution in [0.3, 0.4) is 0 Å². The number of aryl methyl sites for hydroxylation is 3. The van der Waals surface area contributed by atoms with Crippen molar-refractivity contribution in [3.8, 4) is 33.5 Å². The standard InChI is InChI=1S/C35H39N7O/c1-7-31(43)38-30-17-26(10-9-22(30)3)33-32-24(5)29(27-18-37-42(8-2)21-27)19-36-35(32)39-34(33)25-11-13-28(14-12-25)41-16-15-40(6)23(4)20-41/h7,9-14,17-19,21,23H,1,8,15-16,20H2,2-6H3,(H,36,39)(H,38,43)/t23-/m1/s1. The Morgan fingerprint density at radius 3 is 2.56 bits per heavy atom. The Labute approximate surface area is 253 Å². The number of aromatic nitrogens is 4. The number of amides is 1. The summed E-state index contributed by atoms with van der Waals surface area (Å²) in [6.45, 7) is 16.0. The number of H-pyrrole nitrogens is 1. The van der Waals surface area contributed by atoms with Gasteiger partial charge in [-0.15, -0.1) is 0 Å². The third-order valence-corrected chi connectivity index (χ3v) is 8.80. The maximum Gasteiger partial charge on any atom is 0.247 e. The minimum absolute atomic E-state index is 0.235. The molecule has 4 heterocycles. The fourth-order valence-corrected chi connectivity index (χ4v) is 6.00. The SMILES string of the molecule is C=CC(=O)Nc1cc(-c2c(-c3ccc(N4CCN(C)[C@H](C)C4)cc3)[nH]c3ncc(-c4cnn(CC)c4)c(C)c23)ccc1C. The number of carbonyl (C=O) groups is 1. The number of rotatable bonds is 7. The van der Waals surface area contributed by atoms with Crippen molar-refractivity contribution < 1.29 is 4.79 Å². The molecule has 43 heavy (non-hydrogen) atoms. The van der Waals surface area contributed by atoms with Crippen LogP contribution in [0.1, 0.15) is 25.0 Å². The van der Waals surface area contributed by atoms with Gasteiger partial charge in [-0.3, -0.25) is 9.48 Å². The molecular weight excluding hydrogens is 534 g/mol. The Bertz CT molecular complexity index is 1810. The van der Waals surface area contributed by atoms with E-state index in [9.17, 15) is 4.79 Å². The predicted octanol–water partition coefficient (Wildman–Crippen LogP) is 6.66. The molecule has 1 saturated heterocycles. The van der Waals surface area contributed by atoms with Crippen LogP contribution in [-0.2, 0) is 11.3 Å². The molecule has 0 bridgehead atoms. The van der Waals surface area contributed by atoms with Crippen LogP contribution in [0.15, 0.2) is 73.7 Å². The van der Waals surface area contributed by atoms with Crippen LogP contribution < -0.4 is 10.2 Å². The summed E-state index contributed by atoms with van der Waals surface area (Å²) < 4.78 is 1.93. The molecule has 1 atom stereocenters. The maximum atomic E-state index is 12.3. The fourth-order valence-electron chi connectivity index (χ4n) is 6.00. The lowest BCUT2D eigenvalue weighted by Crippen LogP contribution is -2.50. The van der Waals surface area contributed by atoms with Gasteiger partial charge >= 0.3 is 0 Å². The van der Waals surface area contributed by atoms with Crippen LogP contribution in [0.25, 0.3) is 44.5 Å². The molecule has 8 heteroatoms. The first kappa shape index (κ1) is 28.4. The topological polar surface area (TPSA) is 82.1 Å². The van der Waals surface area contributed by atoms with Crippen molar-refractivity contribution in [2.75, 3.05) is 36.9 Å². The molecule has 3 aromatic heterocycles. The minimum Gasteiger partial charge on any atom is -0.369 e. The molecule has 1 aliphatic heterocycles. The van der Waals surface area contributed by atoms with E-state index >= 15 is 0 Å². The molecule has 6 rings (SSSR count). The number of benzene rings is 2. The van der Waals surface area contributed by atoms with Gasteiger partial charge in [0.15, 0.2) is 0 Å². The van der Waals surface area contributed by atoms with E-state index in [4.69, 9.17) is 4.98 Å². The summed E-state index contributed by atoms with van der Waals surface area (Å²) in [5.74, 6) is -0.235. The summed E-state index contributed by atoms with van der Waals surface area (Å²) in [4.78, 5) is 25.7. The zero-order chi connectivity index (χ0) is 30.2. The third-order valence-electron chi connectivity index (χ3n) is 8.80. The van der Waals surface area contributed by atoms with Crippen molar-refractivity contribution in [1.82, 2.24) is 24.6 Å². The number of nitrogens with zero attached hydrogens (tertiary/aromatic N) is 5. The van der Waals surface area contributed by atoms with Gasteiger partial charge in [0.2, 0.25) is 5.91 Å². The maximum absolute atomic E-state index is 12.3. The molecule has 8 nitrogen and oxygen atoms in total. The van der Waals surface area contributed by atoms with Crippen LogP contribution in [0, 0.1) is 13.8 Å². The number of hydrogen-bond donors (Lipinski definition) is 2. The molecule has 5 aromatic rings. The molecule has 0 aliphatic carbocycles. The molecule has 2 aromatic carbocycles. The van der Waals surface area contributed by atoms with Crippen molar-refractivity contribution in [2.24, 2.45) is 0 Å². The lowest BCUT2D eigenvalue weighted by Gasteiger charge is -2.39. The number of likely N-dealkylation sites (N-methyl/N-ethyl adjacent to an activating group) is 1. The predicted molar refractivity (Wildman–Crippen MR) is 176 cm³/mol. The Morgan fingerprint density at radius 2 is 1.86 bits per heavy atom. The van der Waals surface area contributed by atoms with Crippen LogP contribution in [0.4, 0.5) is 11.4 Å². The first-order chi connectivity index (χ1) is 20.8. The van der Waals surface area contributed by atoms with Crippen LogP contribution in [0.5, 0.6) is 0 Å². The summed E-state index contributed by atoms with van der Waals surface area (Å²) in [5.41, 5.74) is 11.1. The molecule has 220 valence electrons. The van der Waals surface area contributed by atoms with Gasteiger partial charge < -0.3 is 20.1 Å². The van der Waals surface area contributed by atoms with Gasteiger partial charge in [-0.1, -0.05) is 30.8 Å². The molecule has 0 unspecified atom stereocenters. The lowest BCUT2D eigenvalue weighted by atomic mass is 9.93. The summed E-state index contributed by atoms with van der Waals surface area (Å²) in [6.07, 6.45) is 7.19. The number of nitrogens with one attached hydrogen (secondary N) is 2. The van der Waals surface area contributed by atoms with Gasteiger partial charge in [0.1, 0.15) is 5.65 Å². The number of aromatic amines is 1. The Kier molecular flexibility index (Phi) is 7.62. The quantitative estimate of drug-likeness (QED) is 0.213. The Morgan fingerprint density at radius 1 is 1.09 bits per heavy atom. The van der Waals surface area contributed by atoms with E-state index in [0.29, 0.717) is 6.04 Å². The highest BCUT2D eigenvalue weighted by molar-refractivity contribution is 6.07. The van der Waals surface area contributed by atoms with E-state index in [-0.39, 0.29) is 5.91 Å². The molecule has 0 saturated carbocycles. The minimum atomic E-state index is -0.235. The number of pyridine rings is 1. The van der Waals surface area contributed by atoms with E-state index in [2.05, 4.69) is 96.1 Å². The van der Waals surface area contributed by atoms with E-state index in [0.717, 1.165) is 87.5 Å². The number of anilines is 2. The highest BCUT2D eigenvalue weighted by Crippen LogP contribution is 2.42. The zero-order valence-corrected chi connectivity index (χ0v) is 25.6. The van der Waals surface area contributed by atoms with Crippen molar-refractivity contribution >= 4 is 28.3 Å². The smallest absolute Gasteiger partial charge is 0.247 e.